The summed E-state index contributed by atoms with van der Waals surface area (Å²) in [5.74, 6) is 2.97. The molecule has 3 nitrogen and oxygen atoms in total. The van der Waals surface area contributed by atoms with E-state index in [0.29, 0.717) is 17.8 Å². The van der Waals surface area contributed by atoms with Crippen molar-refractivity contribution in [2.24, 2.45) is 17.3 Å². The van der Waals surface area contributed by atoms with Gasteiger partial charge in [0.1, 0.15) is 5.75 Å². The number of rotatable bonds is 5. The topological polar surface area (TPSA) is 49.7 Å². The quantitative estimate of drug-likeness (QED) is 0.765. The van der Waals surface area contributed by atoms with Gasteiger partial charge in [-0.2, -0.15) is 0 Å². The summed E-state index contributed by atoms with van der Waals surface area (Å²) in [6.07, 6.45) is 9.42. The third-order valence-electron chi connectivity index (χ3n) is 8.25. The fraction of sp³-hybridized carbons (Fsp3) is 0.739. The molecule has 2 fully saturated rings. The number of aliphatic hydroxyl groups is 2. The predicted octanol–water partition coefficient (Wildman–Crippen LogP) is 4.45. The Hall–Kier alpha value is -1.06. The van der Waals surface area contributed by atoms with Gasteiger partial charge in [-0.15, -0.1) is 0 Å². The van der Waals surface area contributed by atoms with Crippen LogP contribution in [0, 0.1) is 17.3 Å². The van der Waals surface area contributed by atoms with E-state index in [4.69, 9.17) is 9.84 Å². The van der Waals surface area contributed by atoms with E-state index in [2.05, 4.69) is 25.1 Å². The van der Waals surface area contributed by atoms with Crippen LogP contribution in [0.4, 0.5) is 0 Å². The molecular formula is C23H34O3. The van der Waals surface area contributed by atoms with Crippen LogP contribution in [0.1, 0.15) is 75.3 Å². The zero-order valence-electron chi connectivity index (χ0n) is 16.3. The zero-order chi connectivity index (χ0) is 18.4. The van der Waals surface area contributed by atoms with E-state index in [1.165, 1.54) is 24.8 Å². The fourth-order valence-corrected chi connectivity index (χ4v) is 6.74. The standard InChI is InChI=1S/C23H34O3/c1-22-12-9-19-18-8-6-17(26-2)15-16(18)5-7-20(19)21(22)10-13-23(22,25)11-3-4-14-24/h6,8,15,19-21,24-25H,3-5,7,9-14H2,1-2H3/t19-,20+,21+,22-,23-/m1/s1. The molecule has 0 amide bonds. The summed E-state index contributed by atoms with van der Waals surface area (Å²) in [6, 6.07) is 6.66. The second-order valence-corrected chi connectivity index (χ2v) is 9.19. The second kappa shape index (κ2) is 6.83. The van der Waals surface area contributed by atoms with Crippen LogP contribution in [0.15, 0.2) is 18.2 Å². The minimum absolute atomic E-state index is 0.0492. The Bertz CT molecular complexity index is 657. The summed E-state index contributed by atoms with van der Waals surface area (Å²) in [7, 11) is 1.75. The van der Waals surface area contributed by atoms with Gasteiger partial charge in [0, 0.05) is 6.61 Å². The van der Waals surface area contributed by atoms with Crippen LogP contribution < -0.4 is 4.74 Å². The van der Waals surface area contributed by atoms with Crippen molar-refractivity contribution >= 4 is 0 Å². The molecule has 0 spiro atoms. The third kappa shape index (κ3) is 2.70. The first-order valence-corrected chi connectivity index (χ1v) is 10.5. The fourth-order valence-electron chi connectivity index (χ4n) is 6.74. The van der Waals surface area contributed by atoms with E-state index in [0.717, 1.165) is 44.3 Å². The van der Waals surface area contributed by atoms with E-state index in [9.17, 15) is 5.11 Å². The lowest BCUT2D eigenvalue weighted by atomic mass is 9.53. The molecule has 0 saturated heterocycles. The number of ether oxygens (including phenoxy) is 1. The molecule has 5 atom stereocenters. The van der Waals surface area contributed by atoms with Crippen molar-refractivity contribution in [2.45, 2.75) is 76.2 Å². The minimum Gasteiger partial charge on any atom is -0.497 e. The monoisotopic (exact) mass is 358 g/mol. The van der Waals surface area contributed by atoms with E-state index in [1.54, 1.807) is 12.7 Å². The zero-order valence-corrected chi connectivity index (χ0v) is 16.3. The molecule has 3 aliphatic rings. The lowest BCUT2D eigenvalue weighted by Gasteiger charge is -2.53. The van der Waals surface area contributed by atoms with E-state index in [1.807, 2.05) is 0 Å². The molecule has 1 aromatic rings. The van der Waals surface area contributed by atoms with E-state index < -0.39 is 5.60 Å². The number of hydrogen-bond donors (Lipinski definition) is 2. The van der Waals surface area contributed by atoms with Crippen molar-refractivity contribution in [3.05, 3.63) is 29.3 Å². The van der Waals surface area contributed by atoms with Gasteiger partial charge in [0.2, 0.25) is 0 Å². The molecule has 0 heterocycles. The first kappa shape index (κ1) is 18.3. The smallest absolute Gasteiger partial charge is 0.119 e. The van der Waals surface area contributed by atoms with Gasteiger partial charge in [0.15, 0.2) is 0 Å². The molecule has 1 aromatic carbocycles. The van der Waals surface area contributed by atoms with Gasteiger partial charge in [-0.25, -0.2) is 0 Å². The molecule has 0 radical (unpaired) electrons. The van der Waals surface area contributed by atoms with Crippen molar-refractivity contribution in [1.29, 1.82) is 0 Å². The van der Waals surface area contributed by atoms with Crippen LogP contribution in [0.5, 0.6) is 5.75 Å². The minimum atomic E-state index is -0.530. The predicted molar refractivity (Wildman–Crippen MR) is 103 cm³/mol. The van der Waals surface area contributed by atoms with Gasteiger partial charge >= 0.3 is 0 Å². The SMILES string of the molecule is COc1ccc2c(c1)CC[C@H]1[C@@H]2CC[C@]2(C)[C@H]1CC[C@]2(O)CCCCO. The molecule has 0 bridgehead atoms. The van der Waals surface area contributed by atoms with Crippen LogP contribution in [0.2, 0.25) is 0 Å². The Morgan fingerprint density at radius 1 is 1.15 bits per heavy atom. The molecule has 144 valence electrons. The number of fused-ring (bicyclic) bond motifs is 5. The number of benzene rings is 1. The van der Waals surface area contributed by atoms with Crippen molar-refractivity contribution in [3.63, 3.8) is 0 Å². The van der Waals surface area contributed by atoms with Crippen molar-refractivity contribution in [2.75, 3.05) is 13.7 Å². The maximum atomic E-state index is 11.5. The molecule has 2 N–H and O–H groups in total. The second-order valence-electron chi connectivity index (χ2n) is 9.19. The number of aryl methyl sites for hydroxylation is 1. The highest BCUT2D eigenvalue weighted by molar-refractivity contribution is 5.40. The van der Waals surface area contributed by atoms with Gasteiger partial charge in [-0.3, -0.25) is 0 Å². The maximum absolute atomic E-state index is 11.5. The highest BCUT2D eigenvalue weighted by Crippen LogP contribution is 2.65. The van der Waals surface area contributed by atoms with Gasteiger partial charge in [-0.1, -0.05) is 13.0 Å². The molecule has 2 saturated carbocycles. The summed E-state index contributed by atoms with van der Waals surface area (Å²) >= 11 is 0. The molecular weight excluding hydrogens is 324 g/mol. The Morgan fingerprint density at radius 3 is 2.77 bits per heavy atom. The van der Waals surface area contributed by atoms with Crippen molar-refractivity contribution in [1.82, 2.24) is 0 Å². The van der Waals surface area contributed by atoms with Gasteiger partial charge < -0.3 is 14.9 Å². The Labute approximate surface area is 157 Å². The van der Waals surface area contributed by atoms with E-state index in [-0.39, 0.29) is 12.0 Å². The molecule has 0 aliphatic heterocycles. The molecule has 26 heavy (non-hydrogen) atoms. The van der Waals surface area contributed by atoms with E-state index >= 15 is 0 Å². The molecule has 4 rings (SSSR count). The number of aliphatic hydroxyl groups excluding tert-OH is 1. The average molecular weight is 359 g/mol. The summed E-state index contributed by atoms with van der Waals surface area (Å²) in [5.41, 5.74) is 2.54. The van der Waals surface area contributed by atoms with Crippen LogP contribution in [0.25, 0.3) is 0 Å². The van der Waals surface area contributed by atoms with Gasteiger partial charge in [0.25, 0.3) is 0 Å². The maximum Gasteiger partial charge on any atom is 0.119 e. The van der Waals surface area contributed by atoms with Crippen LogP contribution >= 0.6 is 0 Å². The lowest BCUT2D eigenvalue weighted by molar-refractivity contribution is -0.108. The van der Waals surface area contributed by atoms with Crippen molar-refractivity contribution in [3.8, 4) is 5.75 Å². The number of methoxy groups -OCH3 is 1. The largest absolute Gasteiger partial charge is 0.497 e. The first-order valence-electron chi connectivity index (χ1n) is 10.5. The molecule has 3 aliphatic carbocycles. The normalized spacial score (nSPS) is 38.4. The summed E-state index contributed by atoms with van der Waals surface area (Å²) in [5, 5.41) is 20.6. The Morgan fingerprint density at radius 2 is 2.00 bits per heavy atom. The van der Waals surface area contributed by atoms with Crippen molar-refractivity contribution < 1.29 is 14.9 Å². The highest BCUT2D eigenvalue weighted by atomic mass is 16.5. The molecule has 0 unspecified atom stereocenters. The third-order valence-corrected chi connectivity index (χ3v) is 8.25. The number of hydrogen-bond acceptors (Lipinski definition) is 3. The average Bonchev–Trinajstić information content (AvgIpc) is 2.92. The molecule has 3 heteroatoms. The Kier molecular flexibility index (Phi) is 4.81. The van der Waals surface area contributed by atoms with Crippen LogP contribution in [-0.2, 0) is 6.42 Å². The highest BCUT2D eigenvalue weighted by Gasteiger charge is 2.60. The lowest BCUT2D eigenvalue weighted by Crippen LogP contribution is -2.50. The van der Waals surface area contributed by atoms with Crippen LogP contribution in [-0.4, -0.2) is 29.5 Å². The van der Waals surface area contributed by atoms with Gasteiger partial charge in [0.05, 0.1) is 12.7 Å². The number of unbranched alkanes of at least 4 members (excludes halogenated alkanes) is 1. The summed E-state index contributed by atoms with van der Waals surface area (Å²) in [4.78, 5) is 0. The van der Waals surface area contributed by atoms with Crippen LogP contribution in [0.3, 0.4) is 0 Å². The molecule has 0 aromatic heterocycles. The van der Waals surface area contributed by atoms with Gasteiger partial charge in [-0.05, 0) is 104 Å². The first-order chi connectivity index (χ1) is 12.5. The summed E-state index contributed by atoms with van der Waals surface area (Å²) < 4.78 is 5.42. The summed E-state index contributed by atoms with van der Waals surface area (Å²) in [6.45, 7) is 2.60. The Balaban J connectivity index is 1.58.